The summed E-state index contributed by atoms with van der Waals surface area (Å²) >= 11 is 1.48. The van der Waals surface area contributed by atoms with Crippen LogP contribution in [0.1, 0.15) is 36.1 Å². The van der Waals surface area contributed by atoms with Crippen LogP contribution in [-0.2, 0) is 15.8 Å². The van der Waals surface area contributed by atoms with Crippen LogP contribution in [0.4, 0.5) is 0 Å². The molecule has 0 spiro atoms. The molecule has 0 bridgehead atoms. The third kappa shape index (κ3) is 4.77. The van der Waals surface area contributed by atoms with Crippen LogP contribution in [-0.4, -0.2) is 36.0 Å². The van der Waals surface area contributed by atoms with E-state index >= 15 is 0 Å². The molecule has 0 saturated heterocycles. The van der Waals surface area contributed by atoms with Crippen LogP contribution < -0.4 is 0 Å². The van der Waals surface area contributed by atoms with Gasteiger partial charge >= 0.3 is 0 Å². The van der Waals surface area contributed by atoms with Crippen molar-refractivity contribution in [1.82, 2.24) is 14.5 Å². The highest BCUT2D eigenvalue weighted by Crippen LogP contribution is 2.29. The maximum Gasteiger partial charge on any atom is 0.277 e. The summed E-state index contributed by atoms with van der Waals surface area (Å²) in [4.78, 5) is 0.224. The molecule has 2 aromatic carbocycles. The van der Waals surface area contributed by atoms with Crippen LogP contribution in [0, 0.1) is 20.8 Å². The van der Waals surface area contributed by atoms with Crippen molar-refractivity contribution in [3.63, 3.8) is 0 Å². The molecular weight excluding hydrogens is 418 g/mol. The van der Waals surface area contributed by atoms with E-state index in [1.807, 2.05) is 13.8 Å². The smallest absolute Gasteiger partial charge is 0.277 e. The van der Waals surface area contributed by atoms with Gasteiger partial charge in [0.15, 0.2) is 0 Å². The Morgan fingerprint density at radius 1 is 1.00 bits per heavy atom. The Bertz CT molecular complexity index is 1110. The third-order valence-corrected chi connectivity index (χ3v) is 7.90. The number of hydrogen-bond acceptors (Lipinski definition) is 6. The Morgan fingerprint density at radius 3 is 2.30 bits per heavy atom. The third-order valence-electron chi connectivity index (χ3n) is 5.01. The van der Waals surface area contributed by atoms with Crippen LogP contribution in [0.2, 0.25) is 0 Å². The van der Waals surface area contributed by atoms with Crippen molar-refractivity contribution < 1.29 is 12.8 Å². The lowest BCUT2D eigenvalue weighted by atomic mass is 10.0. The van der Waals surface area contributed by atoms with E-state index in [4.69, 9.17) is 4.42 Å². The molecule has 1 aromatic heterocycles. The van der Waals surface area contributed by atoms with Crippen molar-refractivity contribution in [3.05, 3.63) is 58.7 Å². The van der Waals surface area contributed by atoms with Gasteiger partial charge in [0.2, 0.25) is 15.9 Å². The topological polar surface area (TPSA) is 76.3 Å². The SMILES string of the molecule is CCN(CC)S(=O)(=O)c1cccc(-c2nnc(SCc3c(C)cc(C)cc3C)o2)c1. The summed E-state index contributed by atoms with van der Waals surface area (Å²) in [6.07, 6.45) is 0. The number of sulfonamides is 1. The Balaban J connectivity index is 1.80. The number of benzene rings is 2. The molecule has 0 fully saturated rings. The molecule has 0 atom stereocenters. The van der Waals surface area contributed by atoms with E-state index in [0.29, 0.717) is 29.8 Å². The van der Waals surface area contributed by atoms with E-state index in [2.05, 4.69) is 43.1 Å². The van der Waals surface area contributed by atoms with Gasteiger partial charge in [-0.25, -0.2) is 8.42 Å². The summed E-state index contributed by atoms with van der Waals surface area (Å²) in [5.74, 6) is 1.04. The molecule has 0 aliphatic rings. The summed E-state index contributed by atoms with van der Waals surface area (Å²) in [6, 6.07) is 11.0. The molecule has 0 aliphatic heterocycles. The second-order valence-corrected chi connectivity index (χ2v) is 10.0. The van der Waals surface area contributed by atoms with Crippen LogP contribution >= 0.6 is 11.8 Å². The van der Waals surface area contributed by atoms with E-state index in [9.17, 15) is 8.42 Å². The molecule has 6 nitrogen and oxygen atoms in total. The molecule has 160 valence electrons. The van der Waals surface area contributed by atoms with E-state index in [-0.39, 0.29) is 4.90 Å². The first-order valence-electron chi connectivity index (χ1n) is 9.89. The van der Waals surface area contributed by atoms with Gasteiger partial charge in [-0.2, -0.15) is 4.31 Å². The van der Waals surface area contributed by atoms with Gasteiger partial charge in [0, 0.05) is 24.4 Å². The lowest BCUT2D eigenvalue weighted by molar-refractivity contribution is 0.445. The molecule has 0 amide bonds. The fraction of sp³-hybridized carbons (Fsp3) is 0.364. The summed E-state index contributed by atoms with van der Waals surface area (Å²) in [6.45, 7) is 10.8. The van der Waals surface area contributed by atoms with Gasteiger partial charge in [0.05, 0.1) is 4.90 Å². The number of hydrogen-bond donors (Lipinski definition) is 0. The minimum atomic E-state index is -3.55. The molecule has 3 rings (SSSR count). The van der Waals surface area contributed by atoms with E-state index in [0.717, 1.165) is 5.75 Å². The average Bonchev–Trinajstić information content (AvgIpc) is 3.17. The van der Waals surface area contributed by atoms with Crippen molar-refractivity contribution in [2.45, 2.75) is 50.5 Å². The van der Waals surface area contributed by atoms with E-state index in [1.165, 1.54) is 38.3 Å². The maximum absolute atomic E-state index is 12.8. The second kappa shape index (κ2) is 9.32. The van der Waals surface area contributed by atoms with Gasteiger partial charge in [-0.1, -0.05) is 49.4 Å². The highest BCUT2D eigenvalue weighted by Gasteiger charge is 2.22. The number of aromatic nitrogens is 2. The van der Waals surface area contributed by atoms with Crippen molar-refractivity contribution in [2.75, 3.05) is 13.1 Å². The van der Waals surface area contributed by atoms with Crippen molar-refractivity contribution in [2.24, 2.45) is 0 Å². The lowest BCUT2D eigenvalue weighted by Crippen LogP contribution is -2.30. The molecule has 0 N–H and O–H groups in total. The van der Waals surface area contributed by atoms with Gasteiger partial charge in [-0.15, -0.1) is 10.2 Å². The Kier molecular flexibility index (Phi) is 7.00. The number of aryl methyl sites for hydroxylation is 3. The summed E-state index contributed by atoms with van der Waals surface area (Å²) < 4.78 is 32.8. The zero-order valence-corrected chi connectivity index (χ0v) is 19.6. The van der Waals surface area contributed by atoms with Gasteiger partial charge in [-0.3, -0.25) is 0 Å². The second-order valence-electron chi connectivity index (χ2n) is 7.16. The van der Waals surface area contributed by atoms with Crippen molar-refractivity contribution in [3.8, 4) is 11.5 Å². The van der Waals surface area contributed by atoms with Crippen LogP contribution in [0.15, 0.2) is 50.9 Å². The zero-order valence-electron chi connectivity index (χ0n) is 18.0. The van der Waals surface area contributed by atoms with E-state index < -0.39 is 10.0 Å². The first kappa shape index (κ1) is 22.5. The Morgan fingerprint density at radius 2 is 1.67 bits per heavy atom. The van der Waals surface area contributed by atoms with Crippen LogP contribution in [0.3, 0.4) is 0 Å². The Hall–Kier alpha value is -2.16. The molecule has 30 heavy (non-hydrogen) atoms. The molecule has 0 unspecified atom stereocenters. The van der Waals surface area contributed by atoms with Crippen LogP contribution in [0.5, 0.6) is 0 Å². The van der Waals surface area contributed by atoms with Gasteiger partial charge in [0.25, 0.3) is 5.22 Å². The first-order valence-corrected chi connectivity index (χ1v) is 12.3. The van der Waals surface area contributed by atoms with Crippen molar-refractivity contribution >= 4 is 21.8 Å². The van der Waals surface area contributed by atoms with Gasteiger partial charge in [-0.05, 0) is 55.7 Å². The molecule has 0 saturated carbocycles. The summed E-state index contributed by atoms with van der Waals surface area (Å²) in [5.41, 5.74) is 5.59. The minimum Gasteiger partial charge on any atom is -0.411 e. The monoisotopic (exact) mass is 445 g/mol. The number of thioether (sulfide) groups is 1. The quantitative estimate of drug-likeness (QED) is 0.455. The number of rotatable bonds is 8. The zero-order chi connectivity index (χ0) is 21.9. The fourth-order valence-electron chi connectivity index (χ4n) is 3.46. The molecule has 0 aliphatic carbocycles. The highest BCUT2D eigenvalue weighted by atomic mass is 32.2. The normalized spacial score (nSPS) is 11.9. The molecule has 8 heteroatoms. The standard InChI is InChI=1S/C22H27N3O3S2/c1-6-25(7-2)30(26,27)19-10-8-9-18(13-19)21-23-24-22(28-21)29-14-20-16(4)11-15(3)12-17(20)5/h8-13H,6-7,14H2,1-5H3. The first-order chi connectivity index (χ1) is 14.3. The number of nitrogens with zero attached hydrogens (tertiary/aromatic N) is 3. The maximum atomic E-state index is 12.8. The Labute approximate surface area is 182 Å². The predicted molar refractivity (Wildman–Crippen MR) is 120 cm³/mol. The predicted octanol–water partition coefficient (Wildman–Crippen LogP) is 4.98. The minimum absolute atomic E-state index is 0.224. The molecule has 1 heterocycles. The molecule has 0 radical (unpaired) electrons. The highest BCUT2D eigenvalue weighted by molar-refractivity contribution is 7.98. The van der Waals surface area contributed by atoms with Crippen molar-refractivity contribution in [1.29, 1.82) is 0 Å². The van der Waals surface area contributed by atoms with Crippen LogP contribution in [0.25, 0.3) is 11.5 Å². The van der Waals surface area contributed by atoms with Gasteiger partial charge < -0.3 is 4.42 Å². The molecule has 3 aromatic rings. The molecular formula is C22H27N3O3S2. The summed E-state index contributed by atoms with van der Waals surface area (Å²) in [7, 11) is -3.55. The summed E-state index contributed by atoms with van der Waals surface area (Å²) in [5, 5.41) is 8.71. The van der Waals surface area contributed by atoms with Gasteiger partial charge in [0.1, 0.15) is 0 Å². The van der Waals surface area contributed by atoms with E-state index in [1.54, 1.807) is 24.3 Å². The lowest BCUT2D eigenvalue weighted by Gasteiger charge is -2.18. The largest absolute Gasteiger partial charge is 0.411 e. The fourth-order valence-corrected chi connectivity index (χ4v) is 5.92. The average molecular weight is 446 g/mol.